The van der Waals surface area contributed by atoms with Gasteiger partial charge in [0.1, 0.15) is 12.4 Å². The fraction of sp³-hybridized carbons (Fsp3) is 0.188. The van der Waals surface area contributed by atoms with Crippen LogP contribution >= 0.6 is 0 Å². The Hall–Kier alpha value is -2.62. The summed E-state index contributed by atoms with van der Waals surface area (Å²) >= 11 is 0. The zero-order chi connectivity index (χ0) is 19.5. The van der Waals surface area contributed by atoms with Crippen LogP contribution in [0, 0.1) is 23.3 Å². The van der Waals surface area contributed by atoms with Crippen molar-refractivity contribution in [3.05, 3.63) is 65.2 Å². The summed E-state index contributed by atoms with van der Waals surface area (Å²) in [6.45, 7) is -0.876. The normalized spacial score (nSPS) is 11.3. The van der Waals surface area contributed by atoms with Crippen molar-refractivity contribution >= 4 is 21.6 Å². The fourth-order valence-corrected chi connectivity index (χ4v) is 2.93. The lowest BCUT2D eigenvalue weighted by atomic mass is 10.2. The molecule has 0 aromatic heterocycles. The van der Waals surface area contributed by atoms with Crippen molar-refractivity contribution in [3.8, 4) is 0 Å². The van der Waals surface area contributed by atoms with Gasteiger partial charge in [-0.15, -0.1) is 0 Å². The molecule has 0 radical (unpaired) electrons. The van der Waals surface area contributed by atoms with Crippen LogP contribution in [0.25, 0.3) is 0 Å². The highest BCUT2D eigenvalue weighted by Gasteiger charge is 2.26. The molecule has 0 saturated carbocycles. The Morgan fingerprint density at radius 2 is 1.62 bits per heavy atom. The van der Waals surface area contributed by atoms with E-state index in [-0.39, 0.29) is 6.54 Å². The van der Waals surface area contributed by atoms with Crippen LogP contribution in [-0.2, 0) is 21.4 Å². The van der Waals surface area contributed by atoms with Crippen molar-refractivity contribution in [2.24, 2.45) is 0 Å². The predicted octanol–water partition coefficient (Wildman–Crippen LogP) is 2.33. The third kappa shape index (κ3) is 4.72. The Morgan fingerprint density at radius 1 is 1.00 bits per heavy atom. The SMILES string of the molecule is CS(=O)(=O)N(CC(=O)NCc1ccc(F)cc1)c1ccc(F)c(F)c1F. The van der Waals surface area contributed by atoms with Gasteiger partial charge >= 0.3 is 0 Å². The summed E-state index contributed by atoms with van der Waals surface area (Å²) in [4.78, 5) is 12.0. The summed E-state index contributed by atoms with van der Waals surface area (Å²) in [7, 11) is -4.16. The molecule has 0 fully saturated rings. The van der Waals surface area contributed by atoms with E-state index in [4.69, 9.17) is 0 Å². The summed E-state index contributed by atoms with van der Waals surface area (Å²) in [6.07, 6.45) is 0.695. The number of hydrogen-bond acceptors (Lipinski definition) is 3. The molecule has 2 aromatic carbocycles. The van der Waals surface area contributed by atoms with Gasteiger partial charge in [-0.2, -0.15) is 0 Å². The lowest BCUT2D eigenvalue weighted by molar-refractivity contribution is -0.119. The quantitative estimate of drug-likeness (QED) is 0.608. The van der Waals surface area contributed by atoms with Crippen LogP contribution < -0.4 is 9.62 Å². The largest absolute Gasteiger partial charge is 0.350 e. The highest BCUT2D eigenvalue weighted by molar-refractivity contribution is 7.92. The third-order valence-corrected chi connectivity index (χ3v) is 4.50. The van der Waals surface area contributed by atoms with Gasteiger partial charge in [0, 0.05) is 6.54 Å². The van der Waals surface area contributed by atoms with Crippen molar-refractivity contribution in [3.63, 3.8) is 0 Å². The lowest BCUT2D eigenvalue weighted by Gasteiger charge is -2.22. The summed E-state index contributed by atoms with van der Waals surface area (Å²) in [5.74, 6) is -6.33. The molecule has 10 heteroatoms. The summed E-state index contributed by atoms with van der Waals surface area (Å²) in [6, 6.07) is 6.48. The minimum absolute atomic E-state index is 0.0308. The maximum Gasteiger partial charge on any atom is 0.241 e. The number of nitrogens with zero attached hydrogens (tertiary/aromatic N) is 1. The number of carbonyl (C=O) groups excluding carboxylic acids is 1. The molecule has 0 spiro atoms. The molecule has 0 aliphatic heterocycles. The number of benzene rings is 2. The molecule has 26 heavy (non-hydrogen) atoms. The molecule has 0 heterocycles. The van der Waals surface area contributed by atoms with Crippen molar-refractivity contribution in [1.82, 2.24) is 5.32 Å². The monoisotopic (exact) mass is 390 g/mol. The highest BCUT2D eigenvalue weighted by atomic mass is 32.2. The maximum absolute atomic E-state index is 13.9. The molecule has 2 rings (SSSR count). The van der Waals surface area contributed by atoms with E-state index in [0.717, 1.165) is 6.07 Å². The number of anilines is 1. The summed E-state index contributed by atoms with van der Waals surface area (Å²) in [5.41, 5.74) is -0.243. The molecule has 5 nitrogen and oxygen atoms in total. The van der Waals surface area contributed by atoms with E-state index in [9.17, 15) is 30.8 Å². The molecule has 0 atom stereocenters. The zero-order valence-electron chi connectivity index (χ0n) is 13.5. The maximum atomic E-state index is 13.9. The number of hydrogen-bond donors (Lipinski definition) is 1. The van der Waals surface area contributed by atoms with Gasteiger partial charge in [0.15, 0.2) is 17.5 Å². The van der Waals surface area contributed by atoms with Crippen LogP contribution in [0.2, 0.25) is 0 Å². The Labute approximate surface area is 147 Å². The van der Waals surface area contributed by atoms with Crippen molar-refractivity contribution < 1.29 is 30.8 Å². The fourth-order valence-electron chi connectivity index (χ4n) is 2.08. The Morgan fingerprint density at radius 3 is 2.19 bits per heavy atom. The molecular formula is C16H14F4N2O3S. The van der Waals surface area contributed by atoms with E-state index in [0.29, 0.717) is 22.2 Å². The van der Waals surface area contributed by atoms with E-state index in [1.807, 2.05) is 0 Å². The number of rotatable bonds is 6. The summed E-state index contributed by atoms with van der Waals surface area (Å²) in [5, 5.41) is 2.38. The van der Waals surface area contributed by atoms with Gasteiger partial charge in [0.05, 0.1) is 11.9 Å². The van der Waals surface area contributed by atoms with E-state index in [2.05, 4.69) is 5.32 Å². The average molecular weight is 390 g/mol. The first-order valence-electron chi connectivity index (χ1n) is 7.22. The minimum atomic E-state index is -4.16. The minimum Gasteiger partial charge on any atom is -0.350 e. The number of carbonyl (C=O) groups is 1. The first-order chi connectivity index (χ1) is 12.1. The molecule has 0 saturated heterocycles. The topological polar surface area (TPSA) is 66.5 Å². The number of halogens is 4. The first kappa shape index (κ1) is 19.7. The van der Waals surface area contributed by atoms with Crippen LogP contribution in [0.3, 0.4) is 0 Å². The summed E-state index contributed by atoms with van der Waals surface area (Å²) < 4.78 is 77.1. The third-order valence-electron chi connectivity index (χ3n) is 3.37. The predicted molar refractivity (Wildman–Crippen MR) is 86.8 cm³/mol. The van der Waals surface area contributed by atoms with E-state index in [1.54, 1.807) is 0 Å². The Bertz CT molecular complexity index is 918. The smallest absolute Gasteiger partial charge is 0.241 e. The number of sulfonamides is 1. The zero-order valence-corrected chi connectivity index (χ0v) is 14.3. The van der Waals surface area contributed by atoms with Crippen LogP contribution in [0.1, 0.15) is 5.56 Å². The number of nitrogens with one attached hydrogen (secondary N) is 1. The van der Waals surface area contributed by atoms with E-state index >= 15 is 0 Å². The Balaban J connectivity index is 2.17. The highest BCUT2D eigenvalue weighted by Crippen LogP contribution is 2.25. The van der Waals surface area contributed by atoms with Crippen molar-refractivity contribution in [2.45, 2.75) is 6.54 Å². The lowest BCUT2D eigenvalue weighted by Crippen LogP contribution is -2.40. The van der Waals surface area contributed by atoms with E-state index < -0.39 is 51.4 Å². The molecule has 140 valence electrons. The van der Waals surface area contributed by atoms with Gasteiger partial charge < -0.3 is 5.32 Å². The van der Waals surface area contributed by atoms with Gasteiger partial charge in [-0.1, -0.05) is 12.1 Å². The van der Waals surface area contributed by atoms with Gasteiger partial charge in [-0.25, -0.2) is 26.0 Å². The van der Waals surface area contributed by atoms with Crippen molar-refractivity contribution in [1.29, 1.82) is 0 Å². The molecular weight excluding hydrogens is 376 g/mol. The Kier molecular flexibility index (Phi) is 5.86. The van der Waals surface area contributed by atoms with Crippen LogP contribution in [0.5, 0.6) is 0 Å². The van der Waals surface area contributed by atoms with Gasteiger partial charge in [0.2, 0.25) is 15.9 Å². The van der Waals surface area contributed by atoms with Gasteiger partial charge in [-0.3, -0.25) is 9.10 Å². The first-order valence-corrected chi connectivity index (χ1v) is 9.07. The molecule has 0 bridgehead atoms. The number of amides is 1. The second kappa shape index (κ2) is 7.73. The second-order valence-electron chi connectivity index (χ2n) is 5.37. The molecule has 0 aliphatic carbocycles. The molecule has 0 aliphatic rings. The molecule has 2 aromatic rings. The van der Waals surface area contributed by atoms with E-state index in [1.165, 1.54) is 24.3 Å². The van der Waals surface area contributed by atoms with Gasteiger partial charge in [-0.05, 0) is 29.8 Å². The molecule has 1 amide bonds. The van der Waals surface area contributed by atoms with Crippen LogP contribution in [0.15, 0.2) is 36.4 Å². The molecule has 1 N–H and O–H groups in total. The average Bonchev–Trinajstić information content (AvgIpc) is 2.57. The van der Waals surface area contributed by atoms with Crippen LogP contribution in [0.4, 0.5) is 23.2 Å². The second-order valence-corrected chi connectivity index (χ2v) is 7.27. The van der Waals surface area contributed by atoms with Gasteiger partial charge in [0.25, 0.3) is 0 Å². The molecule has 0 unspecified atom stereocenters. The standard InChI is InChI=1S/C16H14F4N2O3S/c1-26(24,25)22(13-7-6-12(18)15(19)16(13)20)9-14(23)21-8-10-2-4-11(17)5-3-10/h2-7H,8-9H2,1H3,(H,21,23). The van der Waals surface area contributed by atoms with Crippen molar-refractivity contribution in [2.75, 3.05) is 17.1 Å². The van der Waals surface area contributed by atoms with Crippen LogP contribution in [-0.4, -0.2) is 27.1 Å².